The maximum Gasteiger partial charge on any atom is 0.237 e. The lowest BCUT2D eigenvalue weighted by molar-refractivity contribution is -0.124. The molecule has 0 aromatic carbocycles. The van der Waals surface area contributed by atoms with E-state index in [4.69, 9.17) is 0 Å². The highest BCUT2D eigenvalue weighted by Crippen LogP contribution is 2.38. The number of hydrazine groups is 1. The van der Waals surface area contributed by atoms with Crippen LogP contribution in [0.25, 0.3) is 0 Å². The first-order valence-electron chi connectivity index (χ1n) is 11.8. The molecule has 0 spiro atoms. The second-order valence-electron chi connectivity index (χ2n) is 10.0. The fourth-order valence-corrected chi connectivity index (χ4v) is 6.49. The molecule has 3 saturated heterocycles. The molecule has 5 rings (SSSR count). The first kappa shape index (κ1) is 20.1. The summed E-state index contributed by atoms with van der Waals surface area (Å²) in [5, 5.41) is 6.81. The fraction of sp³-hybridized carbons (Fsp3) is 0.952. The molecule has 0 radical (unpaired) electrons. The molecule has 0 aromatic heterocycles. The summed E-state index contributed by atoms with van der Waals surface area (Å²) in [6, 6.07) is 0.740. The molecule has 4 N–H and O–H groups in total. The van der Waals surface area contributed by atoms with Crippen LogP contribution < -0.4 is 21.5 Å². The first-order valence-corrected chi connectivity index (χ1v) is 11.8. The lowest BCUT2D eigenvalue weighted by Crippen LogP contribution is -2.58. The Hall–Kier alpha value is -0.800. The quantitative estimate of drug-likeness (QED) is 0.546. The number of nitrogens with zero attached hydrogens (tertiary/aromatic N) is 2. The molecule has 6 unspecified atom stereocenters. The van der Waals surface area contributed by atoms with Crippen molar-refractivity contribution < 1.29 is 9.18 Å². The molecule has 164 valence electrons. The van der Waals surface area contributed by atoms with E-state index in [1.54, 1.807) is 0 Å². The standard InChI is InChI=1S/C21H37FN6O/c1-13-5-6-17(22)16-10-18(25-20(13)16)21(29)24-14-3-2-4-15(9-14)27-7-8-28-12-23-26-19(28)11-27/h13-20,23,25-26H,2-12H2,1H3,(H,24,29)/t13?,14-,15-,16?,17?,18?,19?,20?/m1/s1. The predicted molar refractivity (Wildman–Crippen MR) is 110 cm³/mol. The van der Waals surface area contributed by atoms with Crippen LogP contribution in [0, 0.1) is 11.8 Å². The molecule has 5 fully saturated rings. The van der Waals surface area contributed by atoms with Crippen LogP contribution in [-0.2, 0) is 4.79 Å². The van der Waals surface area contributed by atoms with Gasteiger partial charge in [-0.15, -0.1) is 0 Å². The van der Waals surface area contributed by atoms with E-state index in [0.717, 1.165) is 45.6 Å². The number of amides is 1. The highest BCUT2D eigenvalue weighted by atomic mass is 19.1. The van der Waals surface area contributed by atoms with E-state index < -0.39 is 6.17 Å². The van der Waals surface area contributed by atoms with Crippen molar-refractivity contribution in [2.75, 3.05) is 26.3 Å². The minimum absolute atomic E-state index is 0.0115. The number of piperazine rings is 1. The van der Waals surface area contributed by atoms with E-state index >= 15 is 0 Å². The minimum Gasteiger partial charge on any atom is -0.352 e. The molecule has 1 amide bonds. The molecular formula is C21H37FN6O. The number of halogens is 1. The summed E-state index contributed by atoms with van der Waals surface area (Å²) in [6.45, 7) is 6.36. The Morgan fingerprint density at radius 3 is 2.83 bits per heavy atom. The van der Waals surface area contributed by atoms with Crippen molar-refractivity contribution >= 4 is 5.91 Å². The van der Waals surface area contributed by atoms with E-state index in [9.17, 15) is 9.18 Å². The summed E-state index contributed by atoms with van der Waals surface area (Å²) >= 11 is 0. The molecule has 0 bridgehead atoms. The van der Waals surface area contributed by atoms with Gasteiger partial charge < -0.3 is 10.6 Å². The third kappa shape index (κ3) is 4.06. The highest BCUT2D eigenvalue weighted by Gasteiger charge is 2.46. The predicted octanol–water partition coefficient (Wildman–Crippen LogP) is 0.538. The van der Waals surface area contributed by atoms with Gasteiger partial charge in [0.15, 0.2) is 0 Å². The second kappa shape index (κ2) is 8.38. The number of carbonyl (C=O) groups is 1. The Morgan fingerprint density at radius 1 is 1.10 bits per heavy atom. The summed E-state index contributed by atoms with van der Waals surface area (Å²) in [7, 11) is 0. The summed E-state index contributed by atoms with van der Waals surface area (Å²) in [4.78, 5) is 18.0. The minimum atomic E-state index is -0.752. The van der Waals surface area contributed by atoms with E-state index in [2.05, 4.69) is 38.2 Å². The van der Waals surface area contributed by atoms with Gasteiger partial charge in [0.1, 0.15) is 6.17 Å². The van der Waals surface area contributed by atoms with Crippen molar-refractivity contribution in [3.8, 4) is 0 Å². The Balaban J connectivity index is 1.14. The fourth-order valence-electron chi connectivity index (χ4n) is 6.49. The lowest BCUT2D eigenvalue weighted by Gasteiger charge is -2.43. The summed E-state index contributed by atoms with van der Waals surface area (Å²) in [6.07, 6.45) is 6.37. The van der Waals surface area contributed by atoms with Crippen LogP contribution in [0.5, 0.6) is 0 Å². The third-order valence-corrected chi connectivity index (χ3v) is 8.24. The van der Waals surface area contributed by atoms with Gasteiger partial charge in [0.25, 0.3) is 0 Å². The van der Waals surface area contributed by atoms with Crippen molar-refractivity contribution in [1.29, 1.82) is 0 Å². The van der Waals surface area contributed by atoms with Crippen molar-refractivity contribution in [3.05, 3.63) is 0 Å². The van der Waals surface area contributed by atoms with Crippen LogP contribution in [0.2, 0.25) is 0 Å². The van der Waals surface area contributed by atoms with Crippen LogP contribution in [0.1, 0.15) is 51.9 Å². The second-order valence-corrected chi connectivity index (χ2v) is 10.0. The van der Waals surface area contributed by atoms with Crippen molar-refractivity contribution in [2.45, 2.75) is 88.4 Å². The monoisotopic (exact) mass is 408 g/mol. The van der Waals surface area contributed by atoms with Gasteiger partial charge in [0, 0.05) is 43.7 Å². The lowest BCUT2D eigenvalue weighted by atomic mass is 9.77. The SMILES string of the molecule is CC1CCC(F)C2CC(C(=O)N[C@@H]3CCC[C@@H](N4CCN5CNNC5C4)C3)NC12. The number of carbonyl (C=O) groups excluding carboxylic acids is 1. The molecule has 2 aliphatic carbocycles. The Labute approximate surface area is 173 Å². The molecule has 8 heteroatoms. The maximum absolute atomic E-state index is 14.4. The zero-order valence-corrected chi connectivity index (χ0v) is 17.6. The van der Waals surface area contributed by atoms with Gasteiger partial charge in [-0.2, -0.15) is 0 Å². The average Bonchev–Trinajstić information content (AvgIpc) is 3.38. The van der Waals surface area contributed by atoms with Crippen LogP contribution in [0.4, 0.5) is 4.39 Å². The summed E-state index contributed by atoms with van der Waals surface area (Å²) in [5.41, 5.74) is 6.60. The number of rotatable bonds is 3. The van der Waals surface area contributed by atoms with Gasteiger partial charge in [0.05, 0.1) is 18.9 Å². The Morgan fingerprint density at radius 2 is 1.97 bits per heavy atom. The zero-order chi connectivity index (χ0) is 20.0. The van der Waals surface area contributed by atoms with Crippen LogP contribution in [0.15, 0.2) is 0 Å². The number of hydrogen-bond donors (Lipinski definition) is 4. The largest absolute Gasteiger partial charge is 0.352 e. The molecule has 29 heavy (non-hydrogen) atoms. The normalized spacial score (nSPS) is 46.3. The molecule has 7 nitrogen and oxygen atoms in total. The van der Waals surface area contributed by atoms with E-state index in [0.29, 0.717) is 31.0 Å². The molecule has 3 aliphatic heterocycles. The van der Waals surface area contributed by atoms with Gasteiger partial charge >= 0.3 is 0 Å². The van der Waals surface area contributed by atoms with Gasteiger partial charge in [-0.1, -0.05) is 6.92 Å². The molecule has 0 aromatic rings. The molecule has 5 aliphatic rings. The Kier molecular flexibility index (Phi) is 5.82. The zero-order valence-electron chi connectivity index (χ0n) is 17.6. The van der Waals surface area contributed by atoms with Gasteiger partial charge in [-0.05, 0) is 50.9 Å². The highest BCUT2D eigenvalue weighted by molar-refractivity contribution is 5.82. The molecule has 2 saturated carbocycles. The van der Waals surface area contributed by atoms with Crippen LogP contribution in [-0.4, -0.2) is 78.5 Å². The average molecular weight is 409 g/mol. The molecule has 8 atom stereocenters. The smallest absolute Gasteiger partial charge is 0.237 e. The van der Waals surface area contributed by atoms with Crippen LogP contribution >= 0.6 is 0 Å². The maximum atomic E-state index is 14.4. The Bertz CT molecular complexity index is 590. The van der Waals surface area contributed by atoms with Crippen molar-refractivity contribution in [2.24, 2.45) is 11.8 Å². The van der Waals surface area contributed by atoms with E-state index in [-0.39, 0.29) is 30.0 Å². The number of fused-ring (bicyclic) bond motifs is 2. The molecular weight excluding hydrogens is 371 g/mol. The first-order chi connectivity index (χ1) is 14.1. The summed E-state index contributed by atoms with van der Waals surface area (Å²) in [5.74, 6) is 0.564. The van der Waals surface area contributed by atoms with Crippen LogP contribution in [0.3, 0.4) is 0 Å². The topological polar surface area (TPSA) is 71.7 Å². The van der Waals surface area contributed by atoms with Crippen molar-refractivity contribution in [3.63, 3.8) is 0 Å². The summed E-state index contributed by atoms with van der Waals surface area (Å²) < 4.78 is 14.4. The van der Waals surface area contributed by atoms with Crippen molar-refractivity contribution in [1.82, 2.24) is 31.3 Å². The van der Waals surface area contributed by atoms with E-state index in [1.165, 1.54) is 12.8 Å². The van der Waals surface area contributed by atoms with E-state index in [1.807, 2.05) is 0 Å². The third-order valence-electron chi connectivity index (χ3n) is 8.24. The number of alkyl halides is 1. The number of hydrogen-bond acceptors (Lipinski definition) is 6. The number of nitrogens with one attached hydrogen (secondary N) is 4. The molecule has 3 heterocycles. The van der Waals surface area contributed by atoms with Gasteiger partial charge in [0.2, 0.25) is 5.91 Å². The van der Waals surface area contributed by atoms with Gasteiger partial charge in [-0.3, -0.25) is 14.6 Å². The van der Waals surface area contributed by atoms with Gasteiger partial charge in [-0.25, -0.2) is 15.2 Å².